The van der Waals surface area contributed by atoms with Gasteiger partial charge in [-0.3, -0.25) is 4.79 Å². The summed E-state index contributed by atoms with van der Waals surface area (Å²) in [5.41, 5.74) is -0.930. The summed E-state index contributed by atoms with van der Waals surface area (Å²) in [6.07, 6.45) is 2.81. The van der Waals surface area contributed by atoms with Crippen molar-refractivity contribution in [2.45, 2.75) is 38.1 Å². The highest BCUT2D eigenvalue weighted by atomic mass is 32.2. The van der Waals surface area contributed by atoms with E-state index in [9.17, 15) is 13.2 Å². The number of sulfonamides is 1. The van der Waals surface area contributed by atoms with Crippen LogP contribution in [0.3, 0.4) is 0 Å². The predicted octanol–water partition coefficient (Wildman–Crippen LogP) is 0.450. The third kappa shape index (κ3) is 4.15. The standard InChI is InChI=1S/C12H20N2O4S/c1-12(2,3)11(5-7-15)14-19(17,18)10-8-13-6-4-9(10)16/h4,6,8,11,14-15H,5,7H2,1-3H3,(H,13,16). The zero-order valence-corrected chi connectivity index (χ0v) is 12.1. The summed E-state index contributed by atoms with van der Waals surface area (Å²) in [6, 6.07) is 0.703. The van der Waals surface area contributed by atoms with Crippen LogP contribution in [0.25, 0.3) is 0 Å². The van der Waals surface area contributed by atoms with Crippen molar-refractivity contribution in [1.29, 1.82) is 0 Å². The Morgan fingerprint density at radius 1 is 1.42 bits per heavy atom. The molecular formula is C12H20N2O4S. The molecule has 108 valence electrons. The van der Waals surface area contributed by atoms with Crippen LogP contribution >= 0.6 is 0 Å². The lowest BCUT2D eigenvalue weighted by molar-refractivity contribution is 0.214. The molecule has 1 heterocycles. The van der Waals surface area contributed by atoms with E-state index in [1.54, 1.807) is 0 Å². The molecule has 0 saturated carbocycles. The highest BCUT2D eigenvalue weighted by molar-refractivity contribution is 7.89. The molecule has 0 bridgehead atoms. The smallest absolute Gasteiger partial charge is 0.246 e. The molecular weight excluding hydrogens is 268 g/mol. The Balaban J connectivity index is 3.09. The van der Waals surface area contributed by atoms with Crippen molar-refractivity contribution in [3.63, 3.8) is 0 Å². The van der Waals surface area contributed by atoms with Crippen molar-refractivity contribution in [1.82, 2.24) is 9.71 Å². The molecule has 0 fully saturated rings. The second-order valence-corrected chi connectivity index (χ2v) is 7.11. The van der Waals surface area contributed by atoms with Crippen LogP contribution in [0, 0.1) is 5.41 Å². The van der Waals surface area contributed by atoms with Crippen molar-refractivity contribution < 1.29 is 13.5 Å². The number of aromatic nitrogens is 1. The van der Waals surface area contributed by atoms with Crippen LogP contribution in [-0.4, -0.2) is 31.2 Å². The molecule has 0 saturated heterocycles. The van der Waals surface area contributed by atoms with Gasteiger partial charge < -0.3 is 10.1 Å². The average Bonchev–Trinajstić information content (AvgIpc) is 2.27. The van der Waals surface area contributed by atoms with Crippen molar-refractivity contribution in [3.05, 3.63) is 28.7 Å². The second kappa shape index (κ2) is 5.85. The number of aromatic amines is 1. The Hall–Kier alpha value is -1.18. The van der Waals surface area contributed by atoms with Crippen LogP contribution in [0.2, 0.25) is 0 Å². The molecule has 0 aliphatic heterocycles. The summed E-state index contributed by atoms with van der Waals surface area (Å²) in [5, 5.41) is 9.02. The van der Waals surface area contributed by atoms with Gasteiger partial charge in [0.25, 0.3) is 0 Å². The zero-order chi connectivity index (χ0) is 14.7. The van der Waals surface area contributed by atoms with Crippen LogP contribution < -0.4 is 10.2 Å². The van der Waals surface area contributed by atoms with Gasteiger partial charge in [-0.2, -0.15) is 0 Å². The summed E-state index contributed by atoms with van der Waals surface area (Å²) >= 11 is 0. The van der Waals surface area contributed by atoms with Gasteiger partial charge >= 0.3 is 0 Å². The minimum Gasteiger partial charge on any atom is -0.396 e. The maximum absolute atomic E-state index is 12.2. The Kier molecular flexibility index (Phi) is 4.89. The first-order chi connectivity index (χ1) is 8.68. The van der Waals surface area contributed by atoms with E-state index in [2.05, 4.69) is 9.71 Å². The highest BCUT2D eigenvalue weighted by Crippen LogP contribution is 2.23. The summed E-state index contributed by atoms with van der Waals surface area (Å²) in [6.45, 7) is 5.47. The van der Waals surface area contributed by atoms with E-state index in [0.717, 1.165) is 12.3 Å². The fourth-order valence-electron chi connectivity index (χ4n) is 1.66. The van der Waals surface area contributed by atoms with E-state index in [0.29, 0.717) is 0 Å². The molecule has 0 aliphatic carbocycles. The van der Waals surface area contributed by atoms with E-state index >= 15 is 0 Å². The fraction of sp³-hybridized carbons (Fsp3) is 0.583. The number of pyridine rings is 1. The van der Waals surface area contributed by atoms with Crippen LogP contribution in [0.4, 0.5) is 0 Å². The third-order valence-electron chi connectivity index (χ3n) is 2.84. The quantitative estimate of drug-likeness (QED) is 0.732. The minimum atomic E-state index is -3.90. The van der Waals surface area contributed by atoms with Gasteiger partial charge in [0, 0.05) is 31.1 Å². The molecule has 1 aromatic rings. The number of nitrogens with one attached hydrogen (secondary N) is 2. The van der Waals surface area contributed by atoms with E-state index in [-0.39, 0.29) is 23.3 Å². The van der Waals surface area contributed by atoms with Crippen LogP contribution in [0.15, 0.2) is 28.2 Å². The Morgan fingerprint density at radius 2 is 2.05 bits per heavy atom. The predicted molar refractivity (Wildman–Crippen MR) is 72.3 cm³/mol. The second-order valence-electron chi connectivity index (χ2n) is 5.43. The lowest BCUT2D eigenvalue weighted by atomic mass is 9.86. The summed E-state index contributed by atoms with van der Waals surface area (Å²) in [5.74, 6) is 0. The van der Waals surface area contributed by atoms with E-state index < -0.39 is 21.5 Å². The Labute approximate surface area is 112 Å². The summed E-state index contributed by atoms with van der Waals surface area (Å²) in [7, 11) is -3.90. The third-order valence-corrected chi connectivity index (χ3v) is 4.33. The Bertz CT molecular complexity index is 572. The lowest BCUT2D eigenvalue weighted by Gasteiger charge is -2.30. The molecule has 0 aromatic carbocycles. The van der Waals surface area contributed by atoms with E-state index in [4.69, 9.17) is 5.11 Å². The van der Waals surface area contributed by atoms with Gasteiger partial charge in [-0.25, -0.2) is 13.1 Å². The first-order valence-corrected chi connectivity index (χ1v) is 7.47. The molecule has 0 aliphatic rings. The number of hydrogen-bond acceptors (Lipinski definition) is 4. The van der Waals surface area contributed by atoms with E-state index in [1.165, 1.54) is 6.20 Å². The van der Waals surface area contributed by atoms with Crippen LogP contribution in [0.5, 0.6) is 0 Å². The van der Waals surface area contributed by atoms with Gasteiger partial charge in [-0.15, -0.1) is 0 Å². The van der Waals surface area contributed by atoms with Gasteiger partial charge in [-0.1, -0.05) is 20.8 Å². The fourth-order valence-corrected chi connectivity index (χ4v) is 3.19. The summed E-state index contributed by atoms with van der Waals surface area (Å²) in [4.78, 5) is 13.8. The number of aliphatic hydroxyl groups is 1. The minimum absolute atomic E-state index is 0.129. The van der Waals surface area contributed by atoms with Crippen molar-refractivity contribution in [2.75, 3.05) is 6.61 Å². The molecule has 3 N–H and O–H groups in total. The molecule has 7 heteroatoms. The molecule has 0 amide bonds. The molecule has 6 nitrogen and oxygen atoms in total. The molecule has 1 atom stereocenters. The monoisotopic (exact) mass is 288 g/mol. The molecule has 0 spiro atoms. The van der Waals surface area contributed by atoms with Gasteiger partial charge in [-0.05, 0) is 11.8 Å². The maximum Gasteiger partial charge on any atom is 0.246 e. The Morgan fingerprint density at radius 3 is 2.53 bits per heavy atom. The maximum atomic E-state index is 12.2. The lowest BCUT2D eigenvalue weighted by Crippen LogP contribution is -2.45. The van der Waals surface area contributed by atoms with Gasteiger partial charge in [0.15, 0.2) is 0 Å². The number of rotatable bonds is 5. The number of hydrogen-bond donors (Lipinski definition) is 3. The highest BCUT2D eigenvalue weighted by Gasteiger charge is 2.30. The van der Waals surface area contributed by atoms with Gasteiger partial charge in [0.1, 0.15) is 4.90 Å². The molecule has 1 rings (SSSR count). The van der Waals surface area contributed by atoms with Gasteiger partial charge in [0.05, 0.1) is 0 Å². The van der Waals surface area contributed by atoms with Crippen LogP contribution in [-0.2, 0) is 10.0 Å². The first-order valence-electron chi connectivity index (χ1n) is 5.99. The summed E-state index contributed by atoms with van der Waals surface area (Å²) < 4.78 is 26.8. The molecule has 0 radical (unpaired) electrons. The normalized spacial score (nSPS) is 14.3. The van der Waals surface area contributed by atoms with E-state index in [1.807, 2.05) is 20.8 Å². The van der Waals surface area contributed by atoms with Crippen molar-refractivity contribution in [2.24, 2.45) is 5.41 Å². The van der Waals surface area contributed by atoms with Gasteiger partial charge in [0.2, 0.25) is 15.5 Å². The SMILES string of the molecule is CC(C)(C)C(CCO)NS(=O)(=O)c1c[nH]ccc1=O. The zero-order valence-electron chi connectivity index (χ0n) is 11.3. The van der Waals surface area contributed by atoms with Crippen molar-refractivity contribution in [3.8, 4) is 0 Å². The first kappa shape index (κ1) is 15.9. The molecule has 19 heavy (non-hydrogen) atoms. The number of aliphatic hydroxyl groups excluding tert-OH is 1. The number of H-pyrrole nitrogens is 1. The molecule has 1 unspecified atom stereocenters. The topological polar surface area (TPSA) is 99.3 Å². The largest absolute Gasteiger partial charge is 0.396 e. The average molecular weight is 288 g/mol. The van der Waals surface area contributed by atoms with Crippen molar-refractivity contribution >= 4 is 10.0 Å². The van der Waals surface area contributed by atoms with Crippen LogP contribution in [0.1, 0.15) is 27.2 Å². The molecule has 1 aromatic heterocycles.